The average molecular weight is 294 g/mol. The van der Waals surface area contributed by atoms with E-state index >= 15 is 0 Å². The van der Waals surface area contributed by atoms with Gasteiger partial charge in [-0.1, -0.05) is 23.7 Å². The maximum absolute atomic E-state index is 13.6. The zero-order valence-corrected chi connectivity index (χ0v) is 11.5. The molecule has 2 rings (SSSR count). The minimum Gasteiger partial charge on any atom is -0.508 e. The molecule has 5 heteroatoms. The Morgan fingerprint density at radius 3 is 2.75 bits per heavy atom. The van der Waals surface area contributed by atoms with Crippen molar-refractivity contribution in [1.29, 1.82) is 0 Å². The number of rotatable bonds is 3. The van der Waals surface area contributed by atoms with E-state index in [0.717, 1.165) is 11.6 Å². The summed E-state index contributed by atoms with van der Waals surface area (Å²) in [5.74, 6) is -1.08. The van der Waals surface area contributed by atoms with Crippen LogP contribution in [0.3, 0.4) is 0 Å². The highest BCUT2D eigenvalue weighted by molar-refractivity contribution is 6.31. The second-order valence-electron chi connectivity index (χ2n) is 4.41. The third kappa shape index (κ3) is 3.27. The molecule has 2 aromatic carbocycles. The molecule has 3 nitrogen and oxygen atoms in total. The van der Waals surface area contributed by atoms with Crippen LogP contribution in [-0.4, -0.2) is 11.0 Å². The van der Waals surface area contributed by atoms with Crippen molar-refractivity contribution >= 4 is 17.5 Å². The Labute approximate surface area is 121 Å². The Morgan fingerprint density at radius 1 is 1.30 bits per heavy atom. The van der Waals surface area contributed by atoms with Crippen LogP contribution in [0.2, 0.25) is 5.02 Å². The molecular weight excluding hydrogens is 281 g/mol. The number of hydrogen-bond donors (Lipinski definition) is 2. The molecule has 0 heterocycles. The van der Waals surface area contributed by atoms with Gasteiger partial charge in [0.15, 0.2) is 0 Å². The van der Waals surface area contributed by atoms with Gasteiger partial charge in [0.05, 0.1) is 11.6 Å². The van der Waals surface area contributed by atoms with Crippen LogP contribution in [0.5, 0.6) is 5.75 Å². The van der Waals surface area contributed by atoms with Crippen LogP contribution >= 0.6 is 11.6 Å². The summed E-state index contributed by atoms with van der Waals surface area (Å²) in [5, 5.41) is 12.4. The quantitative estimate of drug-likeness (QED) is 0.907. The van der Waals surface area contributed by atoms with Gasteiger partial charge in [-0.25, -0.2) is 4.39 Å². The van der Waals surface area contributed by atoms with Crippen molar-refractivity contribution in [3.05, 3.63) is 64.4 Å². The summed E-state index contributed by atoms with van der Waals surface area (Å²) in [6.07, 6.45) is 0. The fourth-order valence-corrected chi connectivity index (χ4v) is 2.00. The van der Waals surface area contributed by atoms with Crippen molar-refractivity contribution in [3.8, 4) is 5.75 Å². The monoisotopic (exact) mass is 293 g/mol. The molecule has 1 unspecified atom stereocenters. The van der Waals surface area contributed by atoms with Crippen LogP contribution < -0.4 is 5.32 Å². The minimum absolute atomic E-state index is 0.107. The van der Waals surface area contributed by atoms with Gasteiger partial charge in [-0.2, -0.15) is 0 Å². The lowest BCUT2D eigenvalue weighted by molar-refractivity contribution is 0.0935. The van der Waals surface area contributed by atoms with Crippen LogP contribution in [-0.2, 0) is 0 Å². The highest BCUT2D eigenvalue weighted by Gasteiger charge is 2.15. The Hall–Kier alpha value is -2.07. The summed E-state index contributed by atoms with van der Waals surface area (Å²) in [6.45, 7) is 1.75. The lowest BCUT2D eigenvalue weighted by atomic mass is 10.1. The second kappa shape index (κ2) is 5.92. The van der Waals surface area contributed by atoms with E-state index in [1.54, 1.807) is 25.1 Å². The smallest absolute Gasteiger partial charge is 0.254 e. The predicted octanol–water partition coefficient (Wildman–Crippen LogP) is 3.68. The molecule has 0 aliphatic rings. The third-order valence-corrected chi connectivity index (χ3v) is 3.13. The van der Waals surface area contributed by atoms with Crippen LogP contribution in [0.4, 0.5) is 4.39 Å². The zero-order chi connectivity index (χ0) is 14.7. The molecule has 2 aromatic rings. The number of carbonyl (C=O) groups is 1. The molecule has 0 saturated carbocycles. The average Bonchev–Trinajstić information content (AvgIpc) is 2.41. The molecular formula is C15H13ClFNO2. The summed E-state index contributed by atoms with van der Waals surface area (Å²) in [4.78, 5) is 12.0. The number of phenolic OH excluding ortho intramolecular Hbond substituents is 1. The Bertz CT molecular complexity index is 646. The summed E-state index contributed by atoms with van der Waals surface area (Å²) in [6, 6.07) is 9.96. The van der Waals surface area contributed by atoms with E-state index in [1.807, 2.05) is 0 Å². The molecule has 20 heavy (non-hydrogen) atoms. The summed E-state index contributed by atoms with van der Waals surface area (Å²) < 4.78 is 13.6. The molecule has 0 fully saturated rings. The maximum Gasteiger partial charge on any atom is 0.254 e. The molecule has 0 saturated heterocycles. The summed E-state index contributed by atoms with van der Waals surface area (Å²) >= 11 is 5.76. The Kier molecular flexibility index (Phi) is 4.25. The fourth-order valence-electron chi connectivity index (χ4n) is 1.82. The summed E-state index contributed by atoms with van der Waals surface area (Å²) in [7, 11) is 0. The van der Waals surface area contributed by atoms with Gasteiger partial charge in [-0.05, 0) is 42.8 Å². The lowest BCUT2D eigenvalue weighted by Crippen LogP contribution is -2.27. The number of hydrogen-bond acceptors (Lipinski definition) is 2. The number of carbonyl (C=O) groups excluding carboxylic acids is 1. The molecule has 0 bridgehead atoms. The van der Waals surface area contributed by atoms with Crippen LogP contribution in [0.1, 0.15) is 28.9 Å². The normalized spacial score (nSPS) is 11.9. The highest BCUT2D eigenvalue weighted by Crippen LogP contribution is 2.20. The molecule has 0 radical (unpaired) electrons. The number of halogens is 2. The van der Waals surface area contributed by atoms with E-state index < -0.39 is 11.7 Å². The SMILES string of the molecule is CC(NC(=O)c1cc(Cl)ccc1F)c1cccc(O)c1. The molecule has 0 aliphatic heterocycles. The van der Waals surface area contributed by atoms with E-state index in [9.17, 15) is 14.3 Å². The van der Waals surface area contributed by atoms with Crippen molar-refractivity contribution < 1.29 is 14.3 Å². The topological polar surface area (TPSA) is 49.3 Å². The van der Waals surface area contributed by atoms with Crippen LogP contribution in [0.25, 0.3) is 0 Å². The van der Waals surface area contributed by atoms with Crippen molar-refractivity contribution in [2.24, 2.45) is 0 Å². The van der Waals surface area contributed by atoms with Crippen molar-refractivity contribution in [1.82, 2.24) is 5.32 Å². The molecule has 1 amide bonds. The van der Waals surface area contributed by atoms with Gasteiger partial charge in [-0.3, -0.25) is 4.79 Å². The Balaban J connectivity index is 2.17. The maximum atomic E-state index is 13.6. The fraction of sp³-hybridized carbons (Fsp3) is 0.133. The highest BCUT2D eigenvalue weighted by atomic mass is 35.5. The van der Waals surface area contributed by atoms with Crippen LogP contribution in [0, 0.1) is 5.82 Å². The van der Waals surface area contributed by atoms with Gasteiger partial charge in [0, 0.05) is 5.02 Å². The van der Waals surface area contributed by atoms with Crippen LogP contribution in [0.15, 0.2) is 42.5 Å². The Morgan fingerprint density at radius 2 is 2.05 bits per heavy atom. The molecule has 104 valence electrons. The third-order valence-electron chi connectivity index (χ3n) is 2.89. The van der Waals surface area contributed by atoms with Crippen molar-refractivity contribution in [2.45, 2.75) is 13.0 Å². The number of amides is 1. The number of aromatic hydroxyl groups is 1. The van der Waals surface area contributed by atoms with Gasteiger partial charge in [0.2, 0.25) is 0 Å². The van der Waals surface area contributed by atoms with E-state index in [4.69, 9.17) is 11.6 Å². The number of nitrogens with one attached hydrogen (secondary N) is 1. The first-order valence-corrected chi connectivity index (χ1v) is 6.40. The van der Waals surface area contributed by atoms with Crippen molar-refractivity contribution in [2.75, 3.05) is 0 Å². The van der Waals surface area contributed by atoms with Gasteiger partial charge >= 0.3 is 0 Å². The molecule has 2 N–H and O–H groups in total. The van der Waals surface area contributed by atoms with Gasteiger partial charge < -0.3 is 10.4 Å². The number of benzene rings is 2. The second-order valence-corrected chi connectivity index (χ2v) is 4.85. The van der Waals surface area contributed by atoms with E-state index in [0.29, 0.717) is 5.02 Å². The zero-order valence-electron chi connectivity index (χ0n) is 10.7. The first-order chi connectivity index (χ1) is 9.47. The van der Waals surface area contributed by atoms with E-state index in [-0.39, 0.29) is 17.4 Å². The predicted molar refractivity (Wildman–Crippen MR) is 75.4 cm³/mol. The molecule has 1 atom stereocenters. The molecule has 0 aromatic heterocycles. The van der Waals surface area contributed by atoms with E-state index in [1.165, 1.54) is 18.2 Å². The lowest BCUT2D eigenvalue weighted by Gasteiger charge is -2.15. The van der Waals surface area contributed by atoms with Gasteiger partial charge in [0.25, 0.3) is 5.91 Å². The molecule has 0 aliphatic carbocycles. The van der Waals surface area contributed by atoms with E-state index in [2.05, 4.69) is 5.32 Å². The largest absolute Gasteiger partial charge is 0.508 e. The standard InChI is InChI=1S/C15H13ClFNO2/c1-9(10-3-2-4-12(19)7-10)18-15(20)13-8-11(16)5-6-14(13)17/h2-9,19H,1H3,(H,18,20). The van der Waals surface area contributed by atoms with Gasteiger partial charge in [0.1, 0.15) is 11.6 Å². The number of phenols is 1. The first-order valence-electron chi connectivity index (χ1n) is 6.02. The van der Waals surface area contributed by atoms with Crippen molar-refractivity contribution in [3.63, 3.8) is 0 Å². The minimum atomic E-state index is -0.630. The first kappa shape index (κ1) is 14.3. The summed E-state index contributed by atoms with van der Waals surface area (Å²) in [5.41, 5.74) is 0.616. The van der Waals surface area contributed by atoms with Gasteiger partial charge in [-0.15, -0.1) is 0 Å². The molecule has 0 spiro atoms.